The van der Waals surface area contributed by atoms with Crippen LogP contribution in [-0.2, 0) is 0 Å². The predicted octanol–water partition coefficient (Wildman–Crippen LogP) is 6.19. The molecule has 1 aliphatic heterocycles. The quantitative estimate of drug-likeness (QED) is 0.323. The van der Waals surface area contributed by atoms with Gasteiger partial charge in [0.2, 0.25) is 0 Å². The monoisotopic (exact) mass is 491 g/mol. The Labute approximate surface area is 208 Å². The van der Waals surface area contributed by atoms with Crippen LogP contribution in [0.5, 0.6) is 11.5 Å². The van der Waals surface area contributed by atoms with Crippen LogP contribution in [0.1, 0.15) is 23.5 Å². The van der Waals surface area contributed by atoms with E-state index in [4.69, 9.17) is 37.7 Å². The molecule has 2 atom stereocenters. The molecule has 0 radical (unpaired) electrons. The standard InChI is InChI=1S/C26H22ClN3O3S/c1-31-18-10-11-20(23(15-18)32-2)30-25(24(29-26(30)34)19-5-3-4-14-28-19)22-13-12-21(33-22)16-6-8-17(27)9-7-16/h3-15,24-25H,1-2H3,(H,29,34)/t24-,25-/m0/s1. The molecule has 5 rings (SSSR count). The minimum Gasteiger partial charge on any atom is -0.497 e. The number of ether oxygens (including phenoxy) is 2. The van der Waals surface area contributed by atoms with Gasteiger partial charge in [0.25, 0.3) is 0 Å². The predicted molar refractivity (Wildman–Crippen MR) is 137 cm³/mol. The van der Waals surface area contributed by atoms with Crippen LogP contribution in [0.3, 0.4) is 0 Å². The smallest absolute Gasteiger partial charge is 0.174 e. The third kappa shape index (κ3) is 4.08. The lowest BCUT2D eigenvalue weighted by Crippen LogP contribution is -2.29. The molecule has 1 aliphatic rings. The first kappa shape index (κ1) is 22.3. The summed E-state index contributed by atoms with van der Waals surface area (Å²) >= 11 is 11.9. The number of thiocarbonyl (C=S) groups is 1. The lowest BCUT2D eigenvalue weighted by molar-refractivity contribution is 0.392. The van der Waals surface area contributed by atoms with Gasteiger partial charge in [-0.1, -0.05) is 17.7 Å². The summed E-state index contributed by atoms with van der Waals surface area (Å²) in [7, 11) is 3.25. The van der Waals surface area contributed by atoms with Gasteiger partial charge in [0, 0.05) is 22.8 Å². The number of halogens is 1. The lowest BCUT2D eigenvalue weighted by Gasteiger charge is -2.27. The second kappa shape index (κ2) is 9.37. The molecular formula is C26H22ClN3O3S. The largest absolute Gasteiger partial charge is 0.497 e. The number of aromatic nitrogens is 1. The molecule has 6 nitrogen and oxygen atoms in total. The SMILES string of the molecule is COc1ccc(N2C(=S)N[C@@H](c3ccccn3)[C@@H]2c2ccc(-c3ccc(Cl)cc3)o2)c(OC)c1. The molecule has 3 heterocycles. The molecule has 1 N–H and O–H groups in total. The number of furan rings is 1. The summed E-state index contributed by atoms with van der Waals surface area (Å²) in [6.07, 6.45) is 1.77. The van der Waals surface area contributed by atoms with E-state index in [0.717, 1.165) is 28.5 Å². The van der Waals surface area contributed by atoms with Crippen LogP contribution < -0.4 is 19.7 Å². The van der Waals surface area contributed by atoms with E-state index in [2.05, 4.69) is 10.3 Å². The van der Waals surface area contributed by atoms with Gasteiger partial charge in [-0.2, -0.15) is 0 Å². The van der Waals surface area contributed by atoms with Crippen molar-refractivity contribution in [2.24, 2.45) is 0 Å². The molecule has 34 heavy (non-hydrogen) atoms. The fourth-order valence-corrected chi connectivity index (χ4v) is 4.63. The molecule has 0 unspecified atom stereocenters. The fourth-order valence-electron chi connectivity index (χ4n) is 4.17. The Kier molecular flexibility index (Phi) is 6.13. The van der Waals surface area contributed by atoms with Crippen molar-refractivity contribution in [3.63, 3.8) is 0 Å². The van der Waals surface area contributed by atoms with E-state index >= 15 is 0 Å². The van der Waals surface area contributed by atoms with Gasteiger partial charge in [0.05, 0.1) is 31.6 Å². The summed E-state index contributed by atoms with van der Waals surface area (Å²) in [6, 6.07) is 22.4. The van der Waals surface area contributed by atoms with Crippen molar-refractivity contribution in [1.82, 2.24) is 10.3 Å². The summed E-state index contributed by atoms with van der Waals surface area (Å²) in [5, 5.41) is 4.66. The van der Waals surface area contributed by atoms with Crippen LogP contribution in [-0.4, -0.2) is 24.3 Å². The highest BCUT2D eigenvalue weighted by Gasteiger charge is 2.43. The zero-order valence-corrected chi connectivity index (χ0v) is 20.1. The number of nitrogens with zero attached hydrogens (tertiary/aromatic N) is 2. The highest BCUT2D eigenvalue weighted by Crippen LogP contribution is 2.46. The summed E-state index contributed by atoms with van der Waals surface area (Å²) in [4.78, 5) is 6.60. The average Bonchev–Trinajstić information content (AvgIpc) is 3.49. The van der Waals surface area contributed by atoms with Gasteiger partial charge in [0.15, 0.2) is 5.11 Å². The maximum atomic E-state index is 6.39. The summed E-state index contributed by atoms with van der Waals surface area (Å²) in [6.45, 7) is 0. The van der Waals surface area contributed by atoms with Crippen LogP contribution >= 0.6 is 23.8 Å². The van der Waals surface area contributed by atoms with Crippen molar-refractivity contribution in [3.05, 3.63) is 95.5 Å². The Morgan fingerprint density at radius 3 is 2.53 bits per heavy atom. The van der Waals surface area contributed by atoms with Gasteiger partial charge in [-0.05, 0) is 72.9 Å². The Morgan fingerprint density at radius 2 is 1.82 bits per heavy atom. The van der Waals surface area contributed by atoms with Crippen LogP contribution in [0.2, 0.25) is 5.02 Å². The molecule has 0 amide bonds. The van der Waals surface area contributed by atoms with Gasteiger partial charge in [-0.25, -0.2) is 0 Å². The van der Waals surface area contributed by atoms with Crippen molar-refractivity contribution in [2.75, 3.05) is 19.1 Å². The number of hydrogen-bond donors (Lipinski definition) is 1. The van der Waals surface area contributed by atoms with Crippen molar-refractivity contribution in [2.45, 2.75) is 12.1 Å². The summed E-state index contributed by atoms with van der Waals surface area (Å²) in [5.41, 5.74) is 2.59. The van der Waals surface area contributed by atoms with Crippen molar-refractivity contribution >= 4 is 34.6 Å². The number of nitrogens with one attached hydrogen (secondary N) is 1. The molecule has 0 saturated carbocycles. The third-order valence-corrected chi connectivity index (χ3v) is 6.36. The molecule has 0 spiro atoms. The molecule has 0 aliphatic carbocycles. The average molecular weight is 492 g/mol. The Hall–Kier alpha value is -3.55. The molecule has 1 fully saturated rings. The van der Waals surface area contributed by atoms with Gasteiger partial charge >= 0.3 is 0 Å². The third-order valence-electron chi connectivity index (χ3n) is 5.79. The lowest BCUT2D eigenvalue weighted by atomic mass is 10.0. The topological polar surface area (TPSA) is 59.8 Å². The van der Waals surface area contributed by atoms with Gasteiger partial charge < -0.3 is 24.1 Å². The van der Waals surface area contributed by atoms with E-state index in [1.165, 1.54) is 0 Å². The van der Waals surface area contributed by atoms with Crippen molar-refractivity contribution in [3.8, 4) is 22.8 Å². The molecule has 2 aromatic carbocycles. The van der Waals surface area contributed by atoms with Gasteiger partial charge in [-0.15, -0.1) is 0 Å². The molecule has 1 saturated heterocycles. The number of hydrogen-bond acceptors (Lipinski definition) is 5. The normalized spacial score (nSPS) is 17.5. The second-order valence-corrected chi connectivity index (χ2v) is 8.57. The maximum Gasteiger partial charge on any atom is 0.174 e. The minimum absolute atomic E-state index is 0.232. The van der Waals surface area contributed by atoms with E-state index < -0.39 is 0 Å². The molecule has 0 bridgehead atoms. The van der Waals surface area contributed by atoms with Gasteiger partial charge in [-0.3, -0.25) is 4.98 Å². The van der Waals surface area contributed by atoms with Gasteiger partial charge in [0.1, 0.15) is 29.1 Å². The van der Waals surface area contributed by atoms with E-state index in [-0.39, 0.29) is 12.1 Å². The summed E-state index contributed by atoms with van der Waals surface area (Å²) < 4.78 is 17.5. The van der Waals surface area contributed by atoms with E-state index in [1.807, 2.05) is 77.7 Å². The first-order chi connectivity index (χ1) is 16.6. The first-order valence-electron chi connectivity index (χ1n) is 10.7. The zero-order valence-electron chi connectivity index (χ0n) is 18.6. The molecular weight excluding hydrogens is 470 g/mol. The van der Waals surface area contributed by atoms with Crippen LogP contribution in [0.15, 0.2) is 83.4 Å². The molecule has 8 heteroatoms. The number of anilines is 1. The van der Waals surface area contributed by atoms with Crippen LogP contribution in [0, 0.1) is 0 Å². The Morgan fingerprint density at radius 1 is 1.00 bits per heavy atom. The number of pyridine rings is 1. The van der Waals surface area contributed by atoms with Crippen LogP contribution in [0.4, 0.5) is 5.69 Å². The first-order valence-corrected chi connectivity index (χ1v) is 11.5. The highest BCUT2D eigenvalue weighted by molar-refractivity contribution is 7.80. The number of methoxy groups -OCH3 is 2. The number of rotatable bonds is 6. The fraction of sp³-hybridized carbons (Fsp3) is 0.154. The van der Waals surface area contributed by atoms with E-state index in [0.29, 0.717) is 21.6 Å². The zero-order chi connectivity index (χ0) is 23.7. The second-order valence-electron chi connectivity index (χ2n) is 7.74. The molecule has 2 aromatic heterocycles. The van der Waals surface area contributed by atoms with Crippen molar-refractivity contribution < 1.29 is 13.9 Å². The van der Waals surface area contributed by atoms with Crippen LogP contribution in [0.25, 0.3) is 11.3 Å². The van der Waals surface area contributed by atoms with E-state index in [9.17, 15) is 0 Å². The van der Waals surface area contributed by atoms with E-state index in [1.54, 1.807) is 20.4 Å². The highest BCUT2D eigenvalue weighted by atomic mass is 35.5. The Balaban J connectivity index is 1.62. The Bertz CT molecular complexity index is 1310. The molecule has 4 aromatic rings. The summed E-state index contributed by atoms with van der Waals surface area (Å²) in [5.74, 6) is 2.82. The molecule has 172 valence electrons. The number of benzene rings is 2. The minimum atomic E-state index is -0.300. The maximum absolute atomic E-state index is 6.39. The van der Waals surface area contributed by atoms with Crippen molar-refractivity contribution in [1.29, 1.82) is 0 Å².